The van der Waals surface area contributed by atoms with Gasteiger partial charge >= 0.3 is 0 Å². The predicted octanol–water partition coefficient (Wildman–Crippen LogP) is 5.02. The Morgan fingerprint density at radius 1 is 1.25 bits per heavy atom. The molecule has 3 aliphatic carbocycles. The Balaban J connectivity index is 1.70. The van der Waals surface area contributed by atoms with Gasteiger partial charge in [0.15, 0.2) is 0 Å². The SMILES string of the molecule is CCc1cc2c(cc1O)CC[C@@H]1[C@@H]2CC[C@]2(C)[C@@H](C(C)=O)CC[C@@H]12. The van der Waals surface area contributed by atoms with Crippen LogP contribution in [0.1, 0.15) is 75.5 Å². The minimum absolute atomic E-state index is 0.231. The first-order valence-electron chi connectivity index (χ1n) is 9.80. The fourth-order valence-corrected chi connectivity index (χ4v) is 6.61. The van der Waals surface area contributed by atoms with Crippen molar-refractivity contribution in [1.29, 1.82) is 0 Å². The second-order valence-corrected chi connectivity index (χ2v) is 8.73. The van der Waals surface area contributed by atoms with Crippen LogP contribution in [0.4, 0.5) is 0 Å². The molecule has 0 saturated heterocycles. The van der Waals surface area contributed by atoms with Gasteiger partial charge in [-0.2, -0.15) is 0 Å². The van der Waals surface area contributed by atoms with Gasteiger partial charge in [0, 0.05) is 5.92 Å². The van der Waals surface area contributed by atoms with Crippen LogP contribution in [0.3, 0.4) is 0 Å². The van der Waals surface area contributed by atoms with Gasteiger partial charge < -0.3 is 5.11 Å². The van der Waals surface area contributed by atoms with Crippen LogP contribution in [0, 0.1) is 23.2 Å². The lowest BCUT2D eigenvalue weighted by Gasteiger charge is -2.50. The molecular weight excluding hydrogens is 296 g/mol. The summed E-state index contributed by atoms with van der Waals surface area (Å²) in [5, 5.41) is 10.2. The monoisotopic (exact) mass is 326 g/mol. The van der Waals surface area contributed by atoms with E-state index in [1.165, 1.54) is 36.8 Å². The summed E-state index contributed by atoms with van der Waals surface area (Å²) in [5.41, 5.74) is 4.20. The van der Waals surface area contributed by atoms with Crippen molar-refractivity contribution in [1.82, 2.24) is 0 Å². The number of carbonyl (C=O) groups excluding carboxylic acids is 1. The minimum Gasteiger partial charge on any atom is -0.508 e. The third-order valence-electron chi connectivity index (χ3n) is 7.80. The van der Waals surface area contributed by atoms with E-state index < -0.39 is 0 Å². The molecule has 3 aliphatic rings. The molecule has 24 heavy (non-hydrogen) atoms. The summed E-state index contributed by atoms with van der Waals surface area (Å²) in [4.78, 5) is 12.2. The zero-order chi connectivity index (χ0) is 17.1. The summed E-state index contributed by atoms with van der Waals surface area (Å²) in [5.74, 6) is 3.26. The Bertz CT molecular complexity index is 677. The van der Waals surface area contributed by atoms with Crippen molar-refractivity contribution in [2.24, 2.45) is 23.2 Å². The summed E-state index contributed by atoms with van der Waals surface area (Å²) >= 11 is 0. The second-order valence-electron chi connectivity index (χ2n) is 8.73. The quantitative estimate of drug-likeness (QED) is 0.829. The highest BCUT2D eigenvalue weighted by molar-refractivity contribution is 5.79. The number of carbonyl (C=O) groups is 1. The van der Waals surface area contributed by atoms with E-state index in [4.69, 9.17) is 0 Å². The molecule has 2 fully saturated rings. The summed E-state index contributed by atoms with van der Waals surface area (Å²) in [6.45, 7) is 6.32. The maximum absolute atomic E-state index is 12.2. The van der Waals surface area contributed by atoms with Crippen LogP contribution in [0.25, 0.3) is 0 Å². The fourth-order valence-electron chi connectivity index (χ4n) is 6.61. The van der Waals surface area contributed by atoms with Gasteiger partial charge in [-0.1, -0.05) is 19.9 Å². The zero-order valence-electron chi connectivity index (χ0n) is 15.3. The summed E-state index contributed by atoms with van der Waals surface area (Å²) in [6.07, 6.45) is 7.94. The first kappa shape index (κ1) is 16.2. The van der Waals surface area contributed by atoms with Crippen molar-refractivity contribution in [3.8, 4) is 5.75 Å². The number of ketones is 1. The molecular formula is C22H30O2. The van der Waals surface area contributed by atoms with E-state index in [2.05, 4.69) is 19.9 Å². The number of rotatable bonds is 2. The molecule has 0 bridgehead atoms. The number of hydrogen-bond donors (Lipinski definition) is 1. The number of hydrogen-bond acceptors (Lipinski definition) is 2. The number of phenolic OH excluding ortho intramolecular Hbond substituents is 1. The Kier molecular flexibility index (Phi) is 3.78. The largest absolute Gasteiger partial charge is 0.508 e. The molecule has 1 aromatic rings. The van der Waals surface area contributed by atoms with E-state index >= 15 is 0 Å². The number of aromatic hydroxyl groups is 1. The molecule has 5 atom stereocenters. The molecule has 1 aromatic carbocycles. The lowest BCUT2D eigenvalue weighted by Crippen LogP contribution is -2.43. The Labute approximate surface area is 145 Å². The standard InChI is InChI=1S/C22H30O2/c1-4-14-11-18-15(12-21(14)24)5-6-17-16(18)9-10-22(3)19(13(2)23)7-8-20(17)22/h11-12,16-17,19-20,24H,4-10H2,1-3H3/t16-,17+,19+,20-,22+/m0/s1. The molecule has 4 rings (SSSR count). The maximum atomic E-state index is 12.2. The van der Waals surface area contributed by atoms with Crippen molar-refractivity contribution < 1.29 is 9.90 Å². The van der Waals surface area contributed by atoms with E-state index in [1.807, 2.05) is 6.07 Å². The molecule has 0 amide bonds. The molecule has 2 heteroatoms. The molecule has 0 aromatic heterocycles. The van der Waals surface area contributed by atoms with Gasteiger partial charge in [-0.05, 0) is 97.8 Å². The molecule has 2 saturated carbocycles. The third-order valence-corrected chi connectivity index (χ3v) is 7.80. The normalized spacial score (nSPS) is 37.5. The number of aryl methyl sites for hydroxylation is 2. The van der Waals surface area contributed by atoms with E-state index in [9.17, 15) is 9.90 Å². The number of benzene rings is 1. The van der Waals surface area contributed by atoms with Crippen molar-refractivity contribution in [2.45, 2.75) is 71.6 Å². The molecule has 0 radical (unpaired) electrons. The van der Waals surface area contributed by atoms with Crippen LogP contribution < -0.4 is 0 Å². The van der Waals surface area contributed by atoms with Crippen LogP contribution in [0.15, 0.2) is 12.1 Å². The second kappa shape index (κ2) is 5.61. The average Bonchev–Trinajstić information content (AvgIpc) is 2.91. The number of fused-ring (bicyclic) bond motifs is 5. The van der Waals surface area contributed by atoms with Crippen LogP contribution >= 0.6 is 0 Å². The van der Waals surface area contributed by atoms with Gasteiger partial charge in [0.25, 0.3) is 0 Å². The van der Waals surface area contributed by atoms with Crippen molar-refractivity contribution in [3.63, 3.8) is 0 Å². The van der Waals surface area contributed by atoms with E-state index in [1.54, 1.807) is 6.92 Å². The summed E-state index contributed by atoms with van der Waals surface area (Å²) in [6, 6.07) is 4.33. The van der Waals surface area contributed by atoms with E-state index in [0.29, 0.717) is 23.4 Å². The molecule has 130 valence electrons. The predicted molar refractivity (Wildman–Crippen MR) is 96.3 cm³/mol. The lowest BCUT2D eigenvalue weighted by atomic mass is 9.54. The molecule has 0 spiro atoms. The van der Waals surface area contributed by atoms with Crippen LogP contribution in [-0.2, 0) is 17.6 Å². The molecule has 0 heterocycles. The van der Waals surface area contributed by atoms with Gasteiger partial charge in [0.2, 0.25) is 0 Å². The van der Waals surface area contributed by atoms with Gasteiger partial charge in [-0.15, -0.1) is 0 Å². The Hall–Kier alpha value is -1.31. The van der Waals surface area contributed by atoms with Gasteiger partial charge in [0.1, 0.15) is 11.5 Å². The highest BCUT2D eigenvalue weighted by Crippen LogP contribution is 2.63. The van der Waals surface area contributed by atoms with E-state index in [0.717, 1.165) is 30.7 Å². The summed E-state index contributed by atoms with van der Waals surface area (Å²) < 4.78 is 0. The highest BCUT2D eigenvalue weighted by Gasteiger charge is 2.55. The first-order chi connectivity index (χ1) is 11.5. The zero-order valence-corrected chi connectivity index (χ0v) is 15.3. The van der Waals surface area contributed by atoms with Gasteiger partial charge in [-0.25, -0.2) is 0 Å². The van der Waals surface area contributed by atoms with Crippen molar-refractivity contribution >= 4 is 5.78 Å². The topological polar surface area (TPSA) is 37.3 Å². The molecule has 0 unspecified atom stereocenters. The number of phenols is 1. The molecule has 2 nitrogen and oxygen atoms in total. The lowest BCUT2D eigenvalue weighted by molar-refractivity contribution is -0.125. The highest BCUT2D eigenvalue weighted by atomic mass is 16.3. The molecule has 1 N–H and O–H groups in total. The molecule has 0 aliphatic heterocycles. The minimum atomic E-state index is 0.231. The van der Waals surface area contributed by atoms with E-state index in [-0.39, 0.29) is 11.3 Å². The third kappa shape index (κ3) is 2.18. The summed E-state index contributed by atoms with van der Waals surface area (Å²) in [7, 11) is 0. The van der Waals surface area contributed by atoms with Crippen molar-refractivity contribution in [3.05, 3.63) is 28.8 Å². The van der Waals surface area contributed by atoms with Crippen molar-refractivity contribution in [2.75, 3.05) is 0 Å². The van der Waals surface area contributed by atoms with Gasteiger partial charge in [0.05, 0.1) is 0 Å². The smallest absolute Gasteiger partial charge is 0.133 e. The van der Waals surface area contributed by atoms with Crippen LogP contribution in [-0.4, -0.2) is 10.9 Å². The first-order valence-corrected chi connectivity index (χ1v) is 9.80. The number of Topliss-reactive ketones (excluding diaryl/α,β-unsaturated/α-hetero) is 1. The fraction of sp³-hybridized carbons (Fsp3) is 0.682. The maximum Gasteiger partial charge on any atom is 0.133 e. The average molecular weight is 326 g/mol. The Morgan fingerprint density at radius 2 is 2.04 bits per heavy atom. The van der Waals surface area contributed by atoms with Crippen LogP contribution in [0.2, 0.25) is 0 Å². The van der Waals surface area contributed by atoms with Crippen LogP contribution in [0.5, 0.6) is 5.75 Å². The Morgan fingerprint density at radius 3 is 2.75 bits per heavy atom. The van der Waals surface area contributed by atoms with Gasteiger partial charge in [-0.3, -0.25) is 4.79 Å².